The summed E-state index contributed by atoms with van der Waals surface area (Å²) < 4.78 is 0. The van der Waals surface area contributed by atoms with E-state index in [0.717, 1.165) is 19.3 Å². The largest absolute Gasteiger partial charge is 0.478 e. The minimum absolute atomic E-state index is 0.211. The van der Waals surface area contributed by atoms with Gasteiger partial charge in [0, 0.05) is 12.2 Å². The molecule has 0 rings (SSSR count). The van der Waals surface area contributed by atoms with E-state index in [1.165, 1.54) is 0 Å². The molecule has 0 saturated heterocycles. The van der Waals surface area contributed by atoms with Crippen LogP contribution >= 0.6 is 0 Å². The van der Waals surface area contributed by atoms with Gasteiger partial charge in [-0.05, 0) is 32.1 Å². The number of aliphatic carboxylic acids is 1. The number of carboxylic acids is 1. The first kappa shape index (κ1) is 12.2. The molecule has 3 nitrogen and oxygen atoms in total. The Bertz CT molecular complexity index is 185. The van der Waals surface area contributed by atoms with Crippen molar-refractivity contribution in [1.29, 1.82) is 0 Å². The molecule has 0 aromatic carbocycles. The van der Waals surface area contributed by atoms with Crippen molar-refractivity contribution in [3.8, 4) is 0 Å². The first-order valence-corrected chi connectivity index (χ1v) is 4.58. The second kappa shape index (κ2) is 6.66. The lowest BCUT2D eigenvalue weighted by atomic mass is 10.0. The predicted octanol–water partition coefficient (Wildman–Crippen LogP) is 1.82. The maximum atomic E-state index is 10.4. The molecule has 0 aliphatic heterocycles. The number of carbonyl (C=O) groups is 1. The Morgan fingerprint density at radius 1 is 1.46 bits per heavy atom. The van der Waals surface area contributed by atoms with Crippen LogP contribution in [0.5, 0.6) is 0 Å². The van der Waals surface area contributed by atoms with Gasteiger partial charge in [0.2, 0.25) is 0 Å². The summed E-state index contributed by atoms with van der Waals surface area (Å²) in [6.45, 7) is 3.86. The molecule has 0 heterocycles. The minimum Gasteiger partial charge on any atom is -0.478 e. The van der Waals surface area contributed by atoms with Crippen LogP contribution in [-0.4, -0.2) is 22.8 Å². The van der Waals surface area contributed by atoms with Gasteiger partial charge in [-0.2, -0.15) is 0 Å². The van der Waals surface area contributed by atoms with Gasteiger partial charge < -0.3 is 10.2 Å². The zero-order chi connectivity index (χ0) is 10.3. The van der Waals surface area contributed by atoms with Crippen LogP contribution in [0.15, 0.2) is 11.6 Å². The monoisotopic (exact) mass is 186 g/mol. The second-order valence-corrected chi connectivity index (χ2v) is 3.39. The van der Waals surface area contributed by atoms with Crippen LogP contribution in [0.2, 0.25) is 0 Å². The summed E-state index contributed by atoms with van der Waals surface area (Å²) in [5.41, 5.74) is 0.399. The molecule has 0 bridgehead atoms. The fourth-order valence-corrected chi connectivity index (χ4v) is 1.04. The second-order valence-electron chi connectivity index (χ2n) is 3.39. The average molecular weight is 186 g/mol. The summed E-state index contributed by atoms with van der Waals surface area (Å²) in [7, 11) is 0. The zero-order valence-corrected chi connectivity index (χ0v) is 8.29. The molecule has 76 valence electrons. The van der Waals surface area contributed by atoms with Crippen LogP contribution < -0.4 is 0 Å². The number of rotatable bonds is 6. The van der Waals surface area contributed by atoms with Crippen LogP contribution in [0, 0.1) is 5.92 Å². The molecular formula is C10H18O3. The van der Waals surface area contributed by atoms with Gasteiger partial charge in [-0.1, -0.05) is 13.0 Å². The van der Waals surface area contributed by atoms with E-state index in [9.17, 15) is 4.79 Å². The molecule has 0 aliphatic rings. The van der Waals surface area contributed by atoms with Crippen molar-refractivity contribution in [2.75, 3.05) is 6.61 Å². The maximum Gasteiger partial charge on any atom is 0.330 e. The van der Waals surface area contributed by atoms with E-state index in [-0.39, 0.29) is 6.61 Å². The lowest BCUT2D eigenvalue weighted by molar-refractivity contribution is -0.132. The quantitative estimate of drug-likeness (QED) is 0.622. The van der Waals surface area contributed by atoms with Gasteiger partial charge in [-0.3, -0.25) is 0 Å². The summed E-state index contributed by atoms with van der Waals surface area (Å²) >= 11 is 0. The normalized spacial score (nSPS) is 14.2. The summed E-state index contributed by atoms with van der Waals surface area (Å²) in [6, 6.07) is 0. The third-order valence-corrected chi connectivity index (χ3v) is 2.07. The molecular weight excluding hydrogens is 168 g/mol. The van der Waals surface area contributed by atoms with E-state index in [1.54, 1.807) is 13.0 Å². The number of hydrogen-bond acceptors (Lipinski definition) is 2. The van der Waals surface area contributed by atoms with E-state index in [4.69, 9.17) is 10.2 Å². The Kier molecular flexibility index (Phi) is 6.24. The fraction of sp³-hybridized carbons (Fsp3) is 0.700. The zero-order valence-electron chi connectivity index (χ0n) is 8.29. The van der Waals surface area contributed by atoms with Gasteiger partial charge in [-0.25, -0.2) is 4.79 Å². The SMILES string of the molecule is CC(=CCCC(C)CCO)C(=O)O. The molecule has 1 unspecified atom stereocenters. The molecule has 0 saturated carbocycles. The highest BCUT2D eigenvalue weighted by Crippen LogP contribution is 2.10. The summed E-state index contributed by atoms with van der Waals surface area (Å²) in [4.78, 5) is 10.4. The van der Waals surface area contributed by atoms with Crippen LogP contribution in [0.4, 0.5) is 0 Å². The third kappa shape index (κ3) is 6.34. The minimum atomic E-state index is -0.852. The van der Waals surface area contributed by atoms with Crippen molar-refractivity contribution in [3.63, 3.8) is 0 Å². The lowest BCUT2D eigenvalue weighted by Gasteiger charge is -2.06. The summed E-state index contributed by atoms with van der Waals surface area (Å²) in [5.74, 6) is -0.391. The lowest BCUT2D eigenvalue weighted by Crippen LogP contribution is -1.99. The van der Waals surface area contributed by atoms with Crippen molar-refractivity contribution in [1.82, 2.24) is 0 Å². The number of aliphatic hydroxyl groups is 1. The molecule has 0 aromatic heterocycles. The maximum absolute atomic E-state index is 10.4. The highest BCUT2D eigenvalue weighted by atomic mass is 16.4. The van der Waals surface area contributed by atoms with Crippen molar-refractivity contribution in [3.05, 3.63) is 11.6 Å². The first-order chi connectivity index (χ1) is 6.07. The van der Waals surface area contributed by atoms with Gasteiger partial charge >= 0.3 is 5.97 Å². The number of aliphatic hydroxyl groups excluding tert-OH is 1. The molecule has 3 heteroatoms. The van der Waals surface area contributed by atoms with Crippen LogP contribution in [0.1, 0.15) is 33.1 Å². The highest BCUT2D eigenvalue weighted by molar-refractivity contribution is 5.85. The van der Waals surface area contributed by atoms with Crippen LogP contribution in [0.3, 0.4) is 0 Å². The molecule has 0 radical (unpaired) electrons. The molecule has 13 heavy (non-hydrogen) atoms. The molecule has 0 fully saturated rings. The molecule has 0 spiro atoms. The Morgan fingerprint density at radius 2 is 2.08 bits per heavy atom. The summed E-state index contributed by atoms with van der Waals surface area (Å²) in [6.07, 6.45) is 4.24. The molecule has 0 aliphatic carbocycles. The smallest absolute Gasteiger partial charge is 0.330 e. The van der Waals surface area contributed by atoms with E-state index in [0.29, 0.717) is 11.5 Å². The van der Waals surface area contributed by atoms with Gasteiger partial charge in [0.15, 0.2) is 0 Å². The number of allylic oxidation sites excluding steroid dienone is 1. The fourth-order valence-electron chi connectivity index (χ4n) is 1.04. The molecule has 0 aromatic rings. The molecule has 0 amide bonds. The summed E-state index contributed by atoms with van der Waals surface area (Å²) in [5, 5.41) is 17.2. The van der Waals surface area contributed by atoms with E-state index < -0.39 is 5.97 Å². The van der Waals surface area contributed by atoms with Crippen LogP contribution in [0.25, 0.3) is 0 Å². The Balaban J connectivity index is 3.65. The number of carboxylic acid groups (broad SMARTS) is 1. The van der Waals surface area contributed by atoms with Crippen molar-refractivity contribution in [2.45, 2.75) is 33.1 Å². The average Bonchev–Trinajstić information content (AvgIpc) is 2.04. The molecule has 1 atom stereocenters. The van der Waals surface area contributed by atoms with Crippen molar-refractivity contribution < 1.29 is 15.0 Å². The van der Waals surface area contributed by atoms with E-state index in [1.807, 2.05) is 0 Å². The van der Waals surface area contributed by atoms with Crippen LogP contribution in [-0.2, 0) is 4.79 Å². The van der Waals surface area contributed by atoms with E-state index in [2.05, 4.69) is 6.92 Å². The van der Waals surface area contributed by atoms with Gasteiger partial charge in [-0.15, -0.1) is 0 Å². The van der Waals surface area contributed by atoms with Crippen molar-refractivity contribution >= 4 is 5.97 Å². The number of hydrogen-bond donors (Lipinski definition) is 2. The van der Waals surface area contributed by atoms with Crippen molar-refractivity contribution in [2.24, 2.45) is 5.92 Å². The van der Waals surface area contributed by atoms with E-state index >= 15 is 0 Å². The first-order valence-electron chi connectivity index (χ1n) is 4.58. The standard InChI is InChI=1S/C10H18O3/c1-8(6-7-11)4-3-5-9(2)10(12)13/h5,8,11H,3-4,6-7H2,1-2H3,(H,12,13). The van der Waals surface area contributed by atoms with Gasteiger partial charge in [0.25, 0.3) is 0 Å². The van der Waals surface area contributed by atoms with Gasteiger partial charge in [0.05, 0.1) is 0 Å². The predicted molar refractivity (Wildman–Crippen MR) is 51.5 cm³/mol. The highest BCUT2D eigenvalue weighted by Gasteiger charge is 2.01. The third-order valence-electron chi connectivity index (χ3n) is 2.07. The van der Waals surface area contributed by atoms with Gasteiger partial charge in [0.1, 0.15) is 0 Å². The Hall–Kier alpha value is -0.830. The Labute approximate surface area is 79.1 Å². The Morgan fingerprint density at radius 3 is 2.54 bits per heavy atom. The molecule has 2 N–H and O–H groups in total. The topological polar surface area (TPSA) is 57.5 Å².